The van der Waals surface area contributed by atoms with Crippen molar-refractivity contribution in [2.45, 2.75) is 26.2 Å². The van der Waals surface area contributed by atoms with Crippen LogP contribution in [0, 0.1) is 18.3 Å². The molecule has 2 aliphatic rings. The first-order valence-electron chi connectivity index (χ1n) is 8.41. The first-order valence-corrected chi connectivity index (χ1v) is 8.41. The molecule has 0 spiro atoms. The number of benzene rings is 1. The number of amides is 1. The molecule has 1 amide bonds. The third-order valence-corrected chi connectivity index (χ3v) is 5.63. The first-order chi connectivity index (χ1) is 11.5. The second-order valence-electron chi connectivity index (χ2n) is 7.07. The van der Waals surface area contributed by atoms with Crippen molar-refractivity contribution in [1.82, 2.24) is 4.90 Å². The highest BCUT2D eigenvalue weighted by atomic mass is 16.5. The maximum Gasteiger partial charge on any atom is 0.313 e. The molecule has 1 aromatic carbocycles. The molecule has 1 saturated carbocycles. The van der Waals surface area contributed by atoms with Gasteiger partial charge in [0.15, 0.2) is 5.76 Å². The summed E-state index contributed by atoms with van der Waals surface area (Å²) in [5, 5.41) is 0.931. The number of nitrogens with zero attached hydrogens (tertiary/aromatic N) is 1. The van der Waals surface area contributed by atoms with Crippen molar-refractivity contribution in [3.63, 3.8) is 0 Å². The van der Waals surface area contributed by atoms with Crippen LogP contribution in [0.25, 0.3) is 11.0 Å². The van der Waals surface area contributed by atoms with Gasteiger partial charge in [0.1, 0.15) is 5.58 Å². The molecule has 5 nitrogen and oxygen atoms in total. The van der Waals surface area contributed by atoms with Gasteiger partial charge in [-0.2, -0.15) is 0 Å². The molecule has 2 aromatic rings. The minimum absolute atomic E-state index is 0.137. The summed E-state index contributed by atoms with van der Waals surface area (Å²) in [6.45, 7) is 3.04. The van der Waals surface area contributed by atoms with Crippen LogP contribution in [0.1, 0.15) is 35.4 Å². The SMILES string of the molecule is COC(=O)[C@@]12CCC[C@@H]1CN(C(=O)c1cc3cc(C)ccc3o1)C2. The topological polar surface area (TPSA) is 59.8 Å². The maximum absolute atomic E-state index is 12.9. The van der Waals surface area contributed by atoms with Crippen molar-refractivity contribution in [2.24, 2.45) is 11.3 Å². The number of rotatable bonds is 2. The quantitative estimate of drug-likeness (QED) is 0.795. The molecule has 0 unspecified atom stereocenters. The van der Waals surface area contributed by atoms with E-state index >= 15 is 0 Å². The lowest BCUT2D eigenvalue weighted by atomic mass is 9.81. The highest BCUT2D eigenvalue weighted by Gasteiger charge is 2.56. The van der Waals surface area contributed by atoms with Crippen LogP contribution in [0.5, 0.6) is 0 Å². The number of esters is 1. The fourth-order valence-corrected chi connectivity index (χ4v) is 4.40. The summed E-state index contributed by atoms with van der Waals surface area (Å²) in [6.07, 6.45) is 2.79. The van der Waals surface area contributed by atoms with Gasteiger partial charge in [-0.25, -0.2) is 0 Å². The number of carbonyl (C=O) groups is 2. The highest BCUT2D eigenvalue weighted by molar-refractivity contribution is 5.97. The van der Waals surface area contributed by atoms with Crippen LogP contribution in [-0.4, -0.2) is 37.0 Å². The van der Waals surface area contributed by atoms with Crippen LogP contribution < -0.4 is 0 Å². The van der Waals surface area contributed by atoms with E-state index in [9.17, 15) is 9.59 Å². The Bertz CT molecular complexity index is 824. The second kappa shape index (κ2) is 5.36. The number of ether oxygens (including phenoxy) is 1. The Balaban J connectivity index is 1.62. The number of likely N-dealkylation sites (tertiary alicyclic amines) is 1. The maximum atomic E-state index is 12.9. The first kappa shape index (κ1) is 15.2. The lowest BCUT2D eigenvalue weighted by Crippen LogP contribution is -2.38. The minimum atomic E-state index is -0.521. The number of carbonyl (C=O) groups excluding carboxylic acids is 2. The molecule has 5 heteroatoms. The Morgan fingerprint density at radius 3 is 2.96 bits per heavy atom. The Morgan fingerprint density at radius 2 is 2.17 bits per heavy atom. The highest BCUT2D eigenvalue weighted by Crippen LogP contribution is 2.49. The van der Waals surface area contributed by atoms with E-state index in [0.29, 0.717) is 24.4 Å². The third-order valence-electron chi connectivity index (χ3n) is 5.63. The second-order valence-corrected chi connectivity index (χ2v) is 7.07. The van der Waals surface area contributed by atoms with Crippen LogP contribution in [0.15, 0.2) is 28.7 Å². The van der Waals surface area contributed by atoms with E-state index < -0.39 is 5.41 Å². The van der Waals surface area contributed by atoms with Gasteiger partial charge in [0.2, 0.25) is 0 Å². The zero-order valence-corrected chi connectivity index (χ0v) is 14.0. The summed E-state index contributed by atoms with van der Waals surface area (Å²) in [7, 11) is 1.43. The lowest BCUT2D eigenvalue weighted by molar-refractivity contribution is -0.153. The number of methoxy groups -OCH3 is 1. The summed E-state index contributed by atoms with van der Waals surface area (Å²) in [6, 6.07) is 7.65. The molecule has 1 aliphatic carbocycles. The van der Waals surface area contributed by atoms with Gasteiger partial charge < -0.3 is 14.1 Å². The average molecular weight is 327 g/mol. The molecule has 0 bridgehead atoms. The molecule has 1 aliphatic heterocycles. The molecule has 126 valence electrons. The van der Waals surface area contributed by atoms with Crippen LogP contribution >= 0.6 is 0 Å². The van der Waals surface area contributed by atoms with Crippen molar-refractivity contribution >= 4 is 22.8 Å². The molecular weight excluding hydrogens is 306 g/mol. The number of furan rings is 1. The van der Waals surface area contributed by atoms with Gasteiger partial charge in [0.25, 0.3) is 5.91 Å². The van der Waals surface area contributed by atoms with E-state index in [1.807, 2.05) is 25.1 Å². The van der Waals surface area contributed by atoms with Crippen LogP contribution in [0.2, 0.25) is 0 Å². The molecule has 0 N–H and O–H groups in total. The van der Waals surface area contributed by atoms with E-state index in [2.05, 4.69) is 0 Å². The number of hydrogen-bond acceptors (Lipinski definition) is 4. The Morgan fingerprint density at radius 1 is 1.33 bits per heavy atom. The number of hydrogen-bond donors (Lipinski definition) is 0. The predicted octanol–water partition coefficient (Wildman–Crippen LogP) is 3.16. The zero-order valence-electron chi connectivity index (χ0n) is 14.0. The monoisotopic (exact) mass is 327 g/mol. The fraction of sp³-hybridized carbons (Fsp3) is 0.474. The molecule has 24 heavy (non-hydrogen) atoms. The molecule has 2 heterocycles. The van der Waals surface area contributed by atoms with Gasteiger partial charge in [-0.05, 0) is 43.9 Å². The van der Waals surface area contributed by atoms with Gasteiger partial charge in [-0.1, -0.05) is 18.1 Å². The summed E-state index contributed by atoms with van der Waals surface area (Å²) in [5.74, 6) is 0.221. The number of fused-ring (bicyclic) bond motifs is 2. The van der Waals surface area contributed by atoms with Crippen LogP contribution in [0.3, 0.4) is 0 Å². The minimum Gasteiger partial charge on any atom is -0.469 e. The van der Waals surface area contributed by atoms with Gasteiger partial charge in [0.05, 0.1) is 12.5 Å². The zero-order chi connectivity index (χ0) is 16.9. The van der Waals surface area contributed by atoms with Crippen LogP contribution in [-0.2, 0) is 9.53 Å². The van der Waals surface area contributed by atoms with E-state index in [-0.39, 0.29) is 17.8 Å². The fourth-order valence-electron chi connectivity index (χ4n) is 4.40. The third kappa shape index (κ3) is 2.14. The molecule has 0 radical (unpaired) electrons. The van der Waals surface area contributed by atoms with E-state index in [1.54, 1.807) is 11.0 Å². The largest absolute Gasteiger partial charge is 0.469 e. The number of aryl methyl sites for hydroxylation is 1. The van der Waals surface area contributed by atoms with Crippen molar-refractivity contribution in [3.8, 4) is 0 Å². The Hall–Kier alpha value is -2.30. The summed E-state index contributed by atoms with van der Waals surface area (Å²) in [5.41, 5.74) is 1.32. The molecule has 2 atom stereocenters. The van der Waals surface area contributed by atoms with Gasteiger partial charge in [0, 0.05) is 18.5 Å². The van der Waals surface area contributed by atoms with Gasteiger partial charge in [-0.3, -0.25) is 9.59 Å². The van der Waals surface area contributed by atoms with Gasteiger partial charge in [-0.15, -0.1) is 0 Å². The standard InChI is InChI=1S/C19H21NO4/c1-12-5-6-15-13(8-12)9-16(24-15)17(21)20-10-14-4-3-7-19(14,11-20)18(22)23-2/h5-6,8-9,14H,3-4,7,10-11H2,1-2H3/t14-,19-/m1/s1. The Kier molecular flexibility index (Phi) is 3.41. The molecule has 4 rings (SSSR count). The molecule has 1 saturated heterocycles. The predicted molar refractivity (Wildman–Crippen MR) is 88.6 cm³/mol. The molecular formula is C19H21NO4. The molecule has 2 fully saturated rings. The van der Waals surface area contributed by atoms with Crippen molar-refractivity contribution < 1.29 is 18.7 Å². The lowest BCUT2D eigenvalue weighted by Gasteiger charge is -2.25. The Labute approximate surface area is 140 Å². The van der Waals surface area contributed by atoms with E-state index in [4.69, 9.17) is 9.15 Å². The van der Waals surface area contributed by atoms with Crippen molar-refractivity contribution in [1.29, 1.82) is 0 Å². The smallest absolute Gasteiger partial charge is 0.313 e. The summed E-state index contributed by atoms with van der Waals surface area (Å²) >= 11 is 0. The van der Waals surface area contributed by atoms with Crippen molar-refractivity contribution in [3.05, 3.63) is 35.6 Å². The van der Waals surface area contributed by atoms with E-state index in [0.717, 1.165) is 30.2 Å². The molecule has 1 aromatic heterocycles. The van der Waals surface area contributed by atoms with Crippen molar-refractivity contribution in [2.75, 3.05) is 20.2 Å². The van der Waals surface area contributed by atoms with Crippen LogP contribution in [0.4, 0.5) is 0 Å². The summed E-state index contributed by atoms with van der Waals surface area (Å²) in [4.78, 5) is 26.9. The van der Waals surface area contributed by atoms with E-state index in [1.165, 1.54) is 7.11 Å². The summed E-state index contributed by atoms with van der Waals surface area (Å²) < 4.78 is 10.8. The normalized spacial score (nSPS) is 25.9. The van der Waals surface area contributed by atoms with Gasteiger partial charge >= 0.3 is 5.97 Å². The average Bonchev–Trinajstić information content (AvgIpc) is 3.24.